The summed E-state index contributed by atoms with van der Waals surface area (Å²) in [5, 5.41) is 14.7. The van der Waals surface area contributed by atoms with Crippen LogP contribution in [0.3, 0.4) is 0 Å². The largest absolute Gasteiger partial charge is 0.508 e. The van der Waals surface area contributed by atoms with Crippen LogP contribution in [0.4, 0.5) is 19.0 Å². The Morgan fingerprint density at radius 2 is 1.71 bits per heavy atom. The van der Waals surface area contributed by atoms with Gasteiger partial charge in [0.25, 0.3) is 0 Å². The van der Waals surface area contributed by atoms with Crippen LogP contribution in [0, 0.1) is 17.5 Å². The topological polar surface area (TPSA) is 120 Å². The third-order valence-electron chi connectivity index (χ3n) is 6.05. The van der Waals surface area contributed by atoms with Crippen LogP contribution in [0.1, 0.15) is 5.76 Å². The van der Waals surface area contributed by atoms with Crippen molar-refractivity contribution in [2.75, 3.05) is 5.73 Å². The van der Waals surface area contributed by atoms with Crippen LogP contribution in [0.15, 0.2) is 76.2 Å². The van der Waals surface area contributed by atoms with Gasteiger partial charge in [-0.25, -0.2) is 27.8 Å². The lowest BCUT2D eigenvalue weighted by molar-refractivity contribution is 0.469. The van der Waals surface area contributed by atoms with Crippen molar-refractivity contribution >= 4 is 27.8 Å². The van der Waals surface area contributed by atoms with E-state index in [2.05, 4.69) is 15.1 Å². The Labute approximate surface area is 211 Å². The van der Waals surface area contributed by atoms with Gasteiger partial charge in [0.15, 0.2) is 5.65 Å². The second kappa shape index (κ2) is 8.73. The van der Waals surface area contributed by atoms with E-state index in [0.29, 0.717) is 0 Å². The molecule has 0 aliphatic rings. The molecule has 6 aromatic rings. The number of aromatic nitrogens is 4. The van der Waals surface area contributed by atoms with Gasteiger partial charge in [-0.3, -0.25) is 4.79 Å². The van der Waals surface area contributed by atoms with Gasteiger partial charge in [-0.1, -0.05) is 12.1 Å². The van der Waals surface area contributed by atoms with Crippen molar-refractivity contribution in [3.05, 3.63) is 100 Å². The van der Waals surface area contributed by atoms with E-state index in [9.17, 15) is 23.1 Å². The fourth-order valence-corrected chi connectivity index (χ4v) is 4.45. The monoisotopic (exact) mass is 515 g/mol. The predicted octanol–water partition coefficient (Wildman–Crippen LogP) is 5.02. The molecule has 3 aromatic heterocycles. The van der Waals surface area contributed by atoms with Crippen molar-refractivity contribution < 1.29 is 22.7 Å². The lowest BCUT2D eigenvalue weighted by atomic mass is 10.0. The first-order valence-corrected chi connectivity index (χ1v) is 11.3. The zero-order valence-electron chi connectivity index (χ0n) is 19.3. The minimum Gasteiger partial charge on any atom is -0.508 e. The number of hydrogen-bond donors (Lipinski definition) is 2. The molecule has 3 heterocycles. The van der Waals surface area contributed by atoms with Gasteiger partial charge in [0.05, 0.1) is 16.3 Å². The Morgan fingerprint density at radius 1 is 0.921 bits per heavy atom. The number of halogens is 3. The number of phenolic OH excluding ortho intramolecular Hbond substituents is 1. The van der Waals surface area contributed by atoms with E-state index >= 15 is 0 Å². The van der Waals surface area contributed by atoms with Crippen molar-refractivity contribution in [1.82, 2.24) is 19.7 Å². The van der Waals surface area contributed by atoms with Gasteiger partial charge in [-0.15, -0.1) is 0 Å². The molecule has 0 aliphatic heterocycles. The summed E-state index contributed by atoms with van der Waals surface area (Å²) in [5.74, 6) is -2.07. The molecule has 11 heteroatoms. The summed E-state index contributed by atoms with van der Waals surface area (Å²) >= 11 is 0. The first kappa shape index (κ1) is 23.2. The zero-order valence-corrected chi connectivity index (χ0v) is 19.3. The van der Waals surface area contributed by atoms with E-state index in [-0.39, 0.29) is 68.3 Å². The molecule has 3 N–H and O–H groups in total. The highest BCUT2D eigenvalue weighted by Crippen LogP contribution is 2.34. The predicted molar refractivity (Wildman–Crippen MR) is 134 cm³/mol. The molecule has 0 saturated heterocycles. The number of hydrogen-bond acceptors (Lipinski definition) is 7. The summed E-state index contributed by atoms with van der Waals surface area (Å²) in [4.78, 5) is 21.8. The number of nitrogens with zero attached hydrogens (tertiary/aromatic N) is 4. The van der Waals surface area contributed by atoms with Crippen LogP contribution < -0.4 is 11.2 Å². The third-order valence-corrected chi connectivity index (χ3v) is 6.05. The number of nitrogens with two attached hydrogens (primary N) is 1. The molecular formula is C27H16F3N5O3. The van der Waals surface area contributed by atoms with Crippen LogP contribution in [0.5, 0.6) is 5.75 Å². The molecule has 6 rings (SSSR count). The summed E-state index contributed by atoms with van der Waals surface area (Å²) in [6.07, 6.45) is 1.22. The molecule has 0 fully saturated rings. The van der Waals surface area contributed by atoms with E-state index in [0.717, 1.165) is 18.2 Å². The number of fused-ring (bicyclic) bond motifs is 2. The van der Waals surface area contributed by atoms with Crippen LogP contribution in [-0.4, -0.2) is 24.9 Å². The SMILES string of the molecule is Nc1ncnc2c1c(-c1cc(O)cc(F)c1)nn2Cc1oc2ccc(F)cc2c(=O)c1-c1cccc(F)c1. The molecule has 0 atom stereocenters. The van der Waals surface area contributed by atoms with Crippen molar-refractivity contribution in [2.45, 2.75) is 6.54 Å². The molecule has 188 valence electrons. The van der Waals surface area contributed by atoms with E-state index < -0.39 is 22.9 Å². The minimum atomic E-state index is -0.695. The van der Waals surface area contributed by atoms with Gasteiger partial charge in [-0.05, 0) is 48.0 Å². The maximum absolute atomic E-state index is 14.1. The highest BCUT2D eigenvalue weighted by atomic mass is 19.1. The van der Waals surface area contributed by atoms with E-state index in [4.69, 9.17) is 10.2 Å². The number of rotatable bonds is 4. The molecule has 0 unspecified atom stereocenters. The van der Waals surface area contributed by atoms with Crippen molar-refractivity contribution in [3.63, 3.8) is 0 Å². The van der Waals surface area contributed by atoms with Gasteiger partial charge in [0, 0.05) is 11.6 Å². The molecule has 3 aromatic carbocycles. The first-order valence-electron chi connectivity index (χ1n) is 11.3. The average Bonchev–Trinajstić information content (AvgIpc) is 3.24. The van der Waals surface area contributed by atoms with Gasteiger partial charge in [0.2, 0.25) is 5.43 Å². The molecule has 0 aliphatic carbocycles. The first-order chi connectivity index (χ1) is 18.3. The zero-order chi connectivity index (χ0) is 26.6. The van der Waals surface area contributed by atoms with Crippen LogP contribution >= 0.6 is 0 Å². The highest BCUT2D eigenvalue weighted by Gasteiger charge is 2.22. The summed E-state index contributed by atoms with van der Waals surface area (Å²) in [6.45, 7) is -0.178. The Hall–Kier alpha value is -5.19. The fourth-order valence-electron chi connectivity index (χ4n) is 4.45. The normalized spacial score (nSPS) is 11.4. The summed E-state index contributed by atoms with van der Waals surface area (Å²) in [7, 11) is 0. The number of phenols is 1. The average molecular weight is 515 g/mol. The van der Waals surface area contributed by atoms with Crippen molar-refractivity contribution in [2.24, 2.45) is 0 Å². The number of anilines is 1. The molecule has 0 spiro atoms. The summed E-state index contributed by atoms with van der Waals surface area (Å²) < 4.78 is 49.6. The minimum absolute atomic E-state index is 0.0122. The van der Waals surface area contributed by atoms with Crippen LogP contribution in [0.2, 0.25) is 0 Å². The Kier molecular flexibility index (Phi) is 5.34. The van der Waals surface area contributed by atoms with E-state index in [1.54, 1.807) is 0 Å². The van der Waals surface area contributed by atoms with Gasteiger partial charge in [-0.2, -0.15) is 5.10 Å². The number of aromatic hydroxyl groups is 1. The molecule has 0 saturated carbocycles. The molecule has 8 nitrogen and oxygen atoms in total. The van der Waals surface area contributed by atoms with Crippen molar-refractivity contribution in [3.8, 4) is 28.1 Å². The third kappa shape index (κ3) is 3.90. The molecule has 0 radical (unpaired) electrons. The summed E-state index contributed by atoms with van der Waals surface area (Å²) in [6, 6.07) is 12.3. The second-order valence-corrected chi connectivity index (χ2v) is 8.54. The lowest BCUT2D eigenvalue weighted by Gasteiger charge is -2.11. The Bertz CT molecular complexity index is 1930. The van der Waals surface area contributed by atoms with Crippen LogP contribution in [-0.2, 0) is 6.54 Å². The van der Waals surface area contributed by atoms with Gasteiger partial charge < -0.3 is 15.3 Å². The highest BCUT2D eigenvalue weighted by molar-refractivity contribution is 5.98. The smallest absolute Gasteiger partial charge is 0.200 e. The van der Waals surface area contributed by atoms with E-state index in [1.807, 2.05) is 0 Å². The van der Waals surface area contributed by atoms with E-state index in [1.165, 1.54) is 53.5 Å². The Morgan fingerprint density at radius 3 is 2.50 bits per heavy atom. The maximum Gasteiger partial charge on any atom is 0.200 e. The number of benzene rings is 3. The fraction of sp³-hybridized carbons (Fsp3) is 0.0370. The molecule has 0 bridgehead atoms. The van der Waals surface area contributed by atoms with Crippen LogP contribution in [0.25, 0.3) is 44.4 Å². The summed E-state index contributed by atoms with van der Waals surface area (Å²) in [5.41, 5.74) is 6.55. The second-order valence-electron chi connectivity index (χ2n) is 8.54. The quantitative estimate of drug-likeness (QED) is 0.338. The molecule has 0 amide bonds. The standard InChI is InChI=1S/C27H16F3N5O3/c28-15-3-1-2-13(6-15)22-21(38-20-5-4-16(29)10-19(20)25(22)37)11-35-27-23(26(31)32-12-33-27)24(34-35)14-7-17(30)9-18(36)8-14/h1-10,12,36H,11H2,(H2,31,32,33). The molecular weight excluding hydrogens is 499 g/mol. The number of nitrogen functional groups attached to an aromatic ring is 1. The van der Waals surface area contributed by atoms with Crippen molar-refractivity contribution in [1.29, 1.82) is 0 Å². The van der Waals surface area contributed by atoms with Gasteiger partial charge in [0.1, 0.15) is 58.9 Å². The maximum atomic E-state index is 14.1. The molecule has 38 heavy (non-hydrogen) atoms. The van der Waals surface area contributed by atoms with Gasteiger partial charge >= 0.3 is 0 Å². The lowest BCUT2D eigenvalue weighted by Crippen LogP contribution is -2.13. The Balaban J connectivity index is 1.61.